The summed E-state index contributed by atoms with van der Waals surface area (Å²) in [7, 11) is 3.34. The molecular weight excluding hydrogens is 455 g/mol. The number of benzene rings is 2. The standard InChI is InChI=1S/C20H24N4O2.HI/c1-15(26-19-10-5-4-9-18(19)25-3)13-23-20(22-2)24-14-17-8-6-7-16(11-17)12-21;/h4-11,15H,13-14H2,1-3H3,(H2,22,23,24);1H. The highest BCUT2D eigenvalue weighted by atomic mass is 127. The Bertz CT molecular complexity index is 790. The van der Waals surface area contributed by atoms with Crippen LogP contribution in [0, 0.1) is 11.3 Å². The Kier molecular flexibility index (Phi) is 10.0. The van der Waals surface area contributed by atoms with Gasteiger partial charge in [-0.05, 0) is 36.8 Å². The normalized spacial score (nSPS) is 11.6. The van der Waals surface area contributed by atoms with E-state index in [1.165, 1.54) is 0 Å². The lowest BCUT2D eigenvalue weighted by Crippen LogP contribution is -2.41. The van der Waals surface area contributed by atoms with Crippen molar-refractivity contribution in [3.8, 4) is 17.6 Å². The fourth-order valence-corrected chi connectivity index (χ4v) is 2.37. The third kappa shape index (κ3) is 7.35. The third-order valence-electron chi connectivity index (χ3n) is 3.69. The molecule has 7 heteroatoms. The maximum absolute atomic E-state index is 8.96. The fourth-order valence-electron chi connectivity index (χ4n) is 2.37. The molecule has 0 spiro atoms. The van der Waals surface area contributed by atoms with Crippen molar-refractivity contribution in [3.05, 3.63) is 59.7 Å². The van der Waals surface area contributed by atoms with Crippen LogP contribution in [-0.4, -0.2) is 32.8 Å². The van der Waals surface area contributed by atoms with Gasteiger partial charge < -0.3 is 20.1 Å². The summed E-state index contributed by atoms with van der Waals surface area (Å²) < 4.78 is 11.2. The zero-order chi connectivity index (χ0) is 18.8. The maximum Gasteiger partial charge on any atom is 0.191 e. The quantitative estimate of drug-likeness (QED) is 0.361. The number of halogens is 1. The number of rotatable bonds is 7. The highest BCUT2D eigenvalue weighted by Gasteiger charge is 2.09. The molecule has 0 aliphatic heterocycles. The number of nitriles is 1. The van der Waals surface area contributed by atoms with Gasteiger partial charge in [0.2, 0.25) is 0 Å². The van der Waals surface area contributed by atoms with E-state index in [1.54, 1.807) is 20.2 Å². The van der Waals surface area contributed by atoms with Crippen LogP contribution in [0.5, 0.6) is 11.5 Å². The molecule has 2 aromatic carbocycles. The molecule has 27 heavy (non-hydrogen) atoms. The Morgan fingerprint density at radius 1 is 1.15 bits per heavy atom. The molecular formula is C20H25IN4O2. The minimum absolute atomic E-state index is 0. The first kappa shape index (κ1) is 22.6. The van der Waals surface area contributed by atoms with Crippen molar-refractivity contribution in [2.75, 3.05) is 20.7 Å². The second-order valence-electron chi connectivity index (χ2n) is 5.70. The van der Waals surface area contributed by atoms with Crippen molar-refractivity contribution in [1.29, 1.82) is 5.26 Å². The summed E-state index contributed by atoms with van der Waals surface area (Å²) in [5.74, 6) is 2.09. The molecule has 0 radical (unpaired) electrons. The SMILES string of the molecule is CN=C(NCc1cccc(C#N)c1)NCC(C)Oc1ccccc1OC.I. The summed E-state index contributed by atoms with van der Waals surface area (Å²) >= 11 is 0. The molecule has 0 aliphatic carbocycles. The molecule has 1 unspecified atom stereocenters. The minimum atomic E-state index is -0.0771. The van der Waals surface area contributed by atoms with E-state index in [1.807, 2.05) is 49.4 Å². The predicted octanol–water partition coefficient (Wildman–Crippen LogP) is 3.32. The molecule has 2 aromatic rings. The van der Waals surface area contributed by atoms with Crippen molar-refractivity contribution in [3.63, 3.8) is 0 Å². The summed E-state index contributed by atoms with van der Waals surface area (Å²) in [4.78, 5) is 4.21. The molecule has 144 valence electrons. The van der Waals surface area contributed by atoms with E-state index in [0.29, 0.717) is 36.1 Å². The van der Waals surface area contributed by atoms with Crippen molar-refractivity contribution in [2.45, 2.75) is 19.6 Å². The monoisotopic (exact) mass is 480 g/mol. The molecule has 0 heterocycles. The van der Waals surface area contributed by atoms with Crippen molar-refractivity contribution in [2.24, 2.45) is 4.99 Å². The van der Waals surface area contributed by atoms with Gasteiger partial charge in [0.25, 0.3) is 0 Å². The van der Waals surface area contributed by atoms with Crippen LogP contribution in [0.3, 0.4) is 0 Å². The van der Waals surface area contributed by atoms with Gasteiger partial charge in [0.1, 0.15) is 6.10 Å². The first-order valence-electron chi connectivity index (χ1n) is 8.39. The lowest BCUT2D eigenvalue weighted by Gasteiger charge is -2.19. The van der Waals surface area contributed by atoms with Gasteiger partial charge >= 0.3 is 0 Å². The van der Waals surface area contributed by atoms with Gasteiger partial charge in [0, 0.05) is 13.6 Å². The van der Waals surface area contributed by atoms with Gasteiger partial charge in [-0.15, -0.1) is 24.0 Å². The number of hydrogen-bond donors (Lipinski definition) is 2. The van der Waals surface area contributed by atoms with E-state index in [4.69, 9.17) is 14.7 Å². The van der Waals surface area contributed by atoms with Crippen LogP contribution in [0.2, 0.25) is 0 Å². The highest BCUT2D eigenvalue weighted by Crippen LogP contribution is 2.26. The summed E-state index contributed by atoms with van der Waals surface area (Å²) in [5.41, 5.74) is 1.66. The Morgan fingerprint density at radius 2 is 1.89 bits per heavy atom. The average molecular weight is 480 g/mol. The van der Waals surface area contributed by atoms with Gasteiger partial charge in [-0.1, -0.05) is 24.3 Å². The molecule has 6 nitrogen and oxygen atoms in total. The van der Waals surface area contributed by atoms with Crippen LogP contribution in [-0.2, 0) is 6.54 Å². The van der Waals surface area contributed by atoms with Gasteiger partial charge in [-0.25, -0.2) is 0 Å². The van der Waals surface area contributed by atoms with Crippen LogP contribution in [0.25, 0.3) is 0 Å². The van der Waals surface area contributed by atoms with E-state index < -0.39 is 0 Å². The van der Waals surface area contributed by atoms with Crippen molar-refractivity contribution < 1.29 is 9.47 Å². The van der Waals surface area contributed by atoms with Crippen molar-refractivity contribution in [1.82, 2.24) is 10.6 Å². The van der Waals surface area contributed by atoms with Crippen LogP contribution < -0.4 is 20.1 Å². The van der Waals surface area contributed by atoms with E-state index in [2.05, 4.69) is 21.7 Å². The number of aliphatic imine (C=N–C) groups is 1. The number of methoxy groups -OCH3 is 1. The van der Waals surface area contributed by atoms with Crippen LogP contribution >= 0.6 is 24.0 Å². The molecule has 1 atom stereocenters. The minimum Gasteiger partial charge on any atom is -0.493 e. The highest BCUT2D eigenvalue weighted by molar-refractivity contribution is 14.0. The summed E-state index contributed by atoms with van der Waals surface area (Å²) in [6, 6.07) is 17.2. The summed E-state index contributed by atoms with van der Waals surface area (Å²) in [5, 5.41) is 15.4. The molecule has 0 aliphatic rings. The second-order valence-corrected chi connectivity index (χ2v) is 5.70. The number of nitrogens with zero attached hydrogens (tertiary/aromatic N) is 2. The lowest BCUT2D eigenvalue weighted by molar-refractivity contribution is 0.213. The Hall–Kier alpha value is -2.47. The van der Waals surface area contributed by atoms with E-state index >= 15 is 0 Å². The van der Waals surface area contributed by atoms with Crippen LogP contribution in [0.4, 0.5) is 0 Å². The van der Waals surface area contributed by atoms with Crippen LogP contribution in [0.1, 0.15) is 18.1 Å². The zero-order valence-electron chi connectivity index (χ0n) is 15.7. The first-order valence-corrected chi connectivity index (χ1v) is 8.39. The van der Waals surface area contributed by atoms with Crippen molar-refractivity contribution >= 4 is 29.9 Å². The Labute approximate surface area is 177 Å². The smallest absolute Gasteiger partial charge is 0.191 e. The topological polar surface area (TPSA) is 78.7 Å². The number of hydrogen-bond acceptors (Lipinski definition) is 4. The fraction of sp³-hybridized carbons (Fsp3) is 0.300. The Morgan fingerprint density at radius 3 is 2.56 bits per heavy atom. The van der Waals surface area contributed by atoms with E-state index in [-0.39, 0.29) is 30.1 Å². The molecule has 0 fully saturated rings. The molecule has 0 saturated heterocycles. The number of guanidine groups is 1. The summed E-state index contributed by atoms with van der Waals surface area (Å²) in [6.45, 7) is 3.13. The van der Waals surface area contributed by atoms with Gasteiger partial charge in [0.15, 0.2) is 17.5 Å². The molecule has 2 rings (SSSR count). The molecule has 2 N–H and O–H groups in total. The van der Waals surface area contributed by atoms with Crippen LogP contribution in [0.15, 0.2) is 53.5 Å². The number of para-hydroxylation sites is 2. The van der Waals surface area contributed by atoms with Gasteiger partial charge in [-0.3, -0.25) is 4.99 Å². The first-order chi connectivity index (χ1) is 12.7. The molecule has 0 bridgehead atoms. The van der Waals surface area contributed by atoms with Gasteiger partial charge in [0.05, 0.1) is 25.3 Å². The largest absolute Gasteiger partial charge is 0.493 e. The maximum atomic E-state index is 8.96. The van der Waals surface area contributed by atoms with E-state index in [0.717, 1.165) is 5.56 Å². The molecule has 0 aromatic heterocycles. The van der Waals surface area contributed by atoms with Gasteiger partial charge in [-0.2, -0.15) is 5.26 Å². The zero-order valence-corrected chi connectivity index (χ0v) is 18.1. The number of nitrogens with one attached hydrogen (secondary N) is 2. The molecule has 0 amide bonds. The molecule has 0 saturated carbocycles. The predicted molar refractivity (Wildman–Crippen MR) is 118 cm³/mol. The average Bonchev–Trinajstić information content (AvgIpc) is 2.68. The number of ether oxygens (including phenoxy) is 2. The second kappa shape index (κ2) is 12.0. The lowest BCUT2D eigenvalue weighted by atomic mass is 10.1. The Balaban J connectivity index is 0.00000364. The summed E-state index contributed by atoms with van der Waals surface area (Å²) in [6.07, 6.45) is -0.0771. The van der Waals surface area contributed by atoms with E-state index in [9.17, 15) is 0 Å². The third-order valence-corrected chi connectivity index (χ3v) is 3.69.